The van der Waals surface area contributed by atoms with Crippen LogP contribution in [0.2, 0.25) is 0 Å². The smallest absolute Gasteiger partial charge is 0.142 e. The van der Waals surface area contributed by atoms with Crippen molar-refractivity contribution in [3.8, 4) is 22.8 Å². The van der Waals surface area contributed by atoms with Crippen molar-refractivity contribution < 1.29 is 4.74 Å². The van der Waals surface area contributed by atoms with Crippen molar-refractivity contribution in [2.24, 2.45) is 10.8 Å². The van der Waals surface area contributed by atoms with Crippen LogP contribution in [0.5, 0.6) is 11.5 Å². The van der Waals surface area contributed by atoms with Crippen LogP contribution in [-0.2, 0) is 12.8 Å². The summed E-state index contributed by atoms with van der Waals surface area (Å²) in [4.78, 5) is 9.71. The van der Waals surface area contributed by atoms with Gasteiger partial charge < -0.3 is 4.74 Å². The number of pyridine rings is 2. The van der Waals surface area contributed by atoms with E-state index >= 15 is 0 Å². The first-order chi connectivity index (χ1) is 16.6. The molecule has 176 valence electrons. The number of rotatable bonds is 2. The number of nitrogens with zero attached hydrogens (tertiary/aromatic N) is 2. The minimum atomic E-state index is 0.0912. The highest BCUT2D eigenvalue weighted by atomic mass is 16.5. The highest BCUT2D eigenvalue weighted by Crippen LogP contribution is 2.51. The Labute approximate surface area is 207 Å². The lowest BCUT2D eigenvalue weighted by Crippen LogP contribution is -2.13. The molecule has 3 aromatic carbocycles. The third-order valence-corrected chi connectivity index (χ3v) is 6.77. The van der Waals surface area contributed by atoms with E-state index in [1.165, 1.54) is 21.7 Å². The average Bonchev–Trinajstić information content (AvgIpc) is 2.78. The summed E-state index contributed by atoms with van der Waals surface area (Å²) in [5, 5.41) is 5.99. The Morgan fingerprint density at radius 3 is 2.29 bits per heavy atom. The van der Waals surface area contributed by atoms with Crippen molar-refractivity contribution in [2.75, 3.05) is 0 Å². The zero-order chi connectivity index (χ0) is 24.5. The minimum Gasteiger partial charge on any atom is -0.456 e. The number of ether oxygens (including phenoxy) is 1. The Hall–Kier alpha value is -3.46. The van der Waals surface area contributed by atoms with E-state index in [-0.39, 0.29) is 10.8 Å². The van der Waals surface area contributed by atoms with Crippen molar-refractivity contribution in [3.63, 3.8) is 0 Å². The van der Waals surface area contributed by atoms with Gasteiger partial charge in [0.2, 0.25) is 0 Å². The van der Waals surface area contributed by atoms with E-state index in [1.54, 1.807) is 0 Å². The fraction of sp³-hybridized carbons (Fsp3) is 0.312. The maximum atomic E-state index is 6.80. The van der Waals surface area contributed by atoms with Gasteiger partial charge in [0.25, 0.3) is 0 Å². The summed E-state index contributed by atoms with van der Waals surface area (Å²) in [6.45, 7) is 13.7. The fourth-order valence-electron chi connectivity index (χ4n) is 5.58. The lowest BCUT2D eigenvalue weighted by Gasteiger charge is -2.28. The van der Waals surface area contributed by atoms with E-state index in [2.05, 4.69) is 84.0 Å². The summed E-state index contributed by atoms with van der Waals surface area (Å²) in [5.41, 5.74) is 5.92. The van der Waals surface area contributed by atoms with Crippen LogP contribution in [0.3, 0.4) is 0 Å². The fourth-order valence-corrected chi connectivity index (χ4v) is 5.58. The zero-order valence-corrected chi connectivity index (χ0v) is 21.5. The molecule has 1 aliphatic rings. The second-order valence-corrected chi connectivity index (χ2v) is 12.4. The predicted molar refractivity (Wildman–Crippen MR) is 146 cm³/mol. The molecule has 0 amide bonds. The van der Waals surface area contributed by atoms with Gasteiger partial charge in [-0.15, -0.1) is 0 Å². The number of hydrogen-bond donors (Lipinski definition) is 0. The van der Waals surface area contributed by atoms with Crippen molar-refractivity contribution in [1.82, 2.24) is 9.97 Å². The van der Waals surface area contributed by atoms with Gasteiger partial charge in [0.05, 0.1) is 16.6 Å². The van der Waals surface area contributed by atoms with Gasteiger partial charge in [0.1, 0.15) is 11.5 Å². The molecule has 0 aliphatic carbocycles. The van der Waals surface area contributed by atoms with Crippen LogP contribution in [-0.4, -0.2) is 9.97 Å². The molecule has 0 N–H and O–H groups in total. The first-order valence-electron chi connectivity index (χ1n) is 12.5. The molecular weight excluding hydrogens is 428 g/mol. The van der Waals surface area contributed by atoms with E-state index < -0.39 is 0 Å². The second-order valence-electron chi connectivity index (χ2n) is 12.4. The van der Waals surface area contributed by atoms with E-state index in [4.69, 9.17) is 14.7 Å². The molecule has 0 radical (unpaired) electrons. The van der Waals surface area contributed by atoms with Crippen LogP contribution in [0, 0.1) is 10.8 Å². The average molecular weight is 461 g/mol. The molecule has 0 unspecified atom stereocenters. The molecule has 5 aromatic rings. The van der Waals surface area contributed by atoms with Gasteiger partial charge >= 0.3 is 0 Å². The number of aromatic nitrogens is 2. The Morgan fingerprint density at radius 1 is 0.743 bits per heavy atom. The number of fused-ring (bicyclic) bond motifs is 5. The maximum absolute atomic E-state index is 6.80. The predicted octanol–water partition coefficient (Wildman–Crippen LogP) is 8.89. The molecular formula is C32H32N2O. The Balaban J connectivity index is 1.70. The Bertz CT molecular complexity index is 1630. The van der Waals surface area contributed by atoms with Crippen molar-refractivity contribution >= 4 is 32.4 Å². The molecule has 0 saturated heterocycles. The summed E-state index contributed by atoms with van der Waals surface area (Å²) in [6, 6.07) is 17.4. The third kappa shape index (κ3) is 3.74. The summed E-state index contributed by atoms with van der Waals surface area (Å²) in [5.74, 6) is 1.80. The summed E-state index contributed by atoms with van der Waals surface area (Å²) < 4.78 is 6.80. The standard InChI is InChI=1S/C32H32N2O/c1-31(2,3)17-21-10-7-9-19-16-25-27-22(26(19)21)12-14-34-29(27)23-15-20-11-8-13-33-28(20)24(30(23)35-25)18-32(4,5)6/h7-16H,17-18H2,1-6H3. The highest BCUT2D eigenvalue weighted by molar-refractivity contribution is 6.17. The summed E-state index contributed by atoms with van der Waals surface area (Å²) >= 11 is 0. The number of hydrogen-bond acceptors (Lipinski definition) is 3. The lowest BCUT2D eigenvalue weighted by molar-refractivity contribution is 0.400. The molecule has 2 aromatic heterocycles. The van der Waals surface area contributed by atoms with Gasteiger partial charge in [-0.2, -0.15) is 0 Å². The largest absolute Gasteiger partial charge is 0.456 e. The van der Waals surface area contributed by atoms with Gasteiger partial charge in [-0.3, -0.25) is 9.97 Å². The van der Waals surface area contributed by atoms with Gasteiger partial charge in [0.15, 0.2) is 0 Å². The molecule has 6 rings (SSSR count). The molecule has 3 nitrogen and oxygen atoms in total. The SMILES string of the molecule is CC(C)(C)Cc1c2c(cc3cccnc13)-c1nccc3c1c(cc1cccc(CC(C)(C)C)c13)O2. The van der Waals surface area contributed by atoms with Crippen LogP contribution < -0.4 is 4.74 Å². The third-order valence-electron chi connectivity index (χ3n) is 6.77. The second kappa shape index (κ2) is 7.52. The van der Waals surface area contributed by atoms with Crippen LogP contribution >= 0.6 is 0 Å². The van der Waals surface area contributed by atoms with Crippen molar-refractivity contribution in [2.45, 2.75) is 54.4 Å². The molecule has 0 bridgehead atoms. The van der Waals surface area contributed by atoms with Gasteiger partial charge in [-0.25, -0.2) is 0 Å². The topological polar surface area (TPSA) is 35.0 Å². The van der Waals surface area contributed by atoms with Crippen molar-refractivity contribution in [3.05, 3.63) is 72.1 Å². The molecule has 3 heterocycles. The van der Waals surface area contributed by atoms with E-state index in [9.17, 15) is 0 Å². The lowest BCUT2D eigenvalue weighted by atomic mass is 9.83. The first kappa shape index (κ1) is 22.0. The molecule has 0 fully saturated rings. The van der Waals surface area contributed by atoms with Crippen molar-refractivity contribution in [1.29, 1.82) is 0 Å². The molecule has 3 heteroatoms. The van der Waals surface area contributed by atoms with Crippen LogP contribution in [0.25, 0.3) is 43.7 Å². The Kier molecular flexibility index (Phi) is 4.73. The van der Waals surface area contributed by atoms with E-state index in [0.29, 0.717) is 0 Å². The van der Waals surface area contributed by atoms with E-state index in [0.717, 1.165) is 57.5 Å². The maximum Gasteiger partial charge on any atom is 0.142 e. The highest BCUT2D eigenvalue weighted by Gasteiger charge is 2.29. The minimum absolute atomic E-state index is 0.0912. The molecule has 0 atom stereocenters. The normalized spacial score (nSPS) is 13.3. The monoisotopic (exact) mass is 460 g/mol. The van der Waals surface area contributed by atoms with Crippen LogP contribution in [0.1, 0.15) is 52.7 Å². The Morgan fingerprint density at radius 2 is 1.51 bits per heavy atom. The van der Waals surface area contributed by atoms with Crippen LogP contribution in [0.4, 0.5) is 0 Å². The van der Waals surface area contributed by atoms with Gasteiger partial charge in [0, 0.05) is 28.9 Å². The zero-order valence-electron chi connectivity index (χ0n) is 21.5. The molecule has 0 saturated carbocycles. The van der Waals surface area contributed by atoms with Gasteiger partial charge in [-0.05, 0) is 69.7 Å². The van der Waals surface area contributed by atoms with Crippen LogP contribution in [0.15, 0.2) is 60.9 Å². The van der Waals surface area contributed by atoms with Gasteiger partial charge in [-0.1, -0.05) is 65.8 Å². The molecule has 1 aliphatic heterocycles. The molecule has 35 heavy (non-hydrogen) atoms. The summed E-state index contributed by atoms with van der Waals surface area (Å²) in [7, 11) is 0. The number of benzene rings is 3. The molecule has 0 spiro atoms. The van der Waals surface area contributed by atoms with E-state index in [1.807, 2.05) is 18.5 Å². The first-order valence-corrected chi connectivity index (χ1v) is 12.5. The summed E-state index contributed by atoms with van der Waals surface area (Å²) in [6.07, 6.45) is 5.72. The quantitative estimate of drug-likeness (QED) is 0.242.